The number of hydrogen-bond acceptors (Lipinski definition) is 3. The summed E-state index contributed by atoms with van der Waals surface area (Å²) in [6, 6.07) is -1.66. The lowest BCUT2D eigenvalue weighted by Gasteiger charge is -2.12. The second-order valence-corrected chi connectivity index (χ2v) is 2.29. The standard InChI is InChI=1S/C6H11NO4/c1-3(5(8)9)7-4(2)6(10)11/h3-4,7H,1-2H3,(H,8,9)(H,10,11)/t3-,4+. The summed E-state index contributed by atoms with van der Waals surface area (Å²) in [7, 11) is 0. The van der Waals surface area contributed by atoms with Crippen molar-refractivity contribution in [3.05, 3.63) is 0 Å². The van der Waals surface area contributed by atoms with Crippen molar-refractivity contribution in [2.75, 3.05) is 0 Å². The van der Waals surface area contributed by atoms with Gasteiger partial charge < -0.3 is 10.2 Å². The van der Waals surface area contributed by atoms with E-state index >= 15 is 0 Å². The zero-order valence-corrected chi connectivity index (χ0v) is 6.37. The SMILES string of the molecule is C[C@H](N[C@H](C)C(=O)O)C(=O)O. The molecule has 0 aromatic rings. The number of aliphatic carboxylic acids is 2. The summed E-state index contributed by atoms with van der Waals surface area (Å²) >= 11 is 0. The predicted octanol–water partition coefficient (Wildman–Crippen LogP) is -0.478. The van der Waals surface area contributed by atoms with Gasteiger partial charge in [0.05, 0.1) is 0 Å². The lowest BCUT2D eigenvalue weighted by atomic mass is 10.2. The Morgan fingerprint density at radius 3 is 1.55 bits per heavy atom. The Morgan fingerprint density at radius 2 is 1.36 bits per heavy atom. The van der Waals surface area contributed by atoms with E-state index in [0.717, 1.165) is 0 Å². The highest BCUT2D eigenvalue weighted by molar-refractivity contribution is 5.76. The molecular formula is C6H11NO4. The molecule has 0 spiro atoms. The average molecular weight is 161 g/mol. The maximum absolute atomic E-state index is 10.2. The van der Waals surface area contributed by atoms with Crippen molar-refractivity contribution in [2.45, 2.75) is 25.9 Å². The van der Waals surface area contributed by atoms with E-state index in [1.165, 1.54) is 13.8 Å². The van der Waals surface area contributed by atoms with Gasteiger partial charge in [-0.1, -0.05) is 0 Å². The van der Waals surface area contributed by atoms with Crippen LogP contribution in [-0.2, 0) is 9.59 Å². The minimum atomic E-state index is -1.06. The smallest absolute Gasteiger partial charge is 0.320 e. The molecule has 0 unspecified atom stereocenters. The Morgan fingerprint density at radius 1 is 1.09 bits per heavy atom. The summed E-state index contributed by atoms with van der Waals surface area (Å²) in [4.78, 5) is 20.4. The normalized spacial score (nSPS) is 15.5. The predicted molar refractivity (Wildman–Crippen MR) is 37.3 cm³/mol. The largest absolute Gasteiger partial charge is 0.480 e. The fourth-order valence-corrected chi connectivity index (χ4v) is 0.518. The van der Waals surface area contributed by atoms with Gasteiger partial charge in [-0.05, 0) is 13.8 Å². The molecule has 0 rings (SSSR count). The molecule has 0 saturated heterocycles. The molecule has 0 saturated carbocycles. The van der Waals surface area contributed by atoms with E-state index in [0.29, 0.717) is 0 Å². The third kappa shape index (κ3) is 3.57. The van der Waals surface area contributed by atoms with Gasteiger partial charge in [-0.15, -0.1) is 0 Å². The molecular weight excluding hydrogens is 150 g/mol. The van der Waals surface area contributed by atoms with Gasteiger partial charge in [0.25, 0.3) is 0 Å². The Bertz CT molecular complexity index is 150. The third-order valence-corrected chi connectivity index (χ3v) is 1.24. The van der Waals surface area contributed by atoms with Crippen LogP contribution in [0.25, 0.3) is 0 Å². The van der Waals surface area contributed by atoms with E-state index in [1.54, 1.807) is 0 Å². The maximum atomic E-state index is 10.2. The van der Waals surface area contributed by atoms with Gasteiger partial charge >= 0.3 is 11.9 Å². The molecule has 0 aliphatic carbocycles. The first-order chi connectivity index (χ1) is 4.95. The van der Waals surface area contributed by atoms with Crippen molar-refractivity contribution in [3.8, 4) is 0 Å². The molecule has 0 aromatic heterocycles. The molecule has 64 valence electrons. The molecule has 5 nitrogen and oxygen atoms in total. The second-order valence-electron chi connectivity index (χ2n) is 2.29. The van der Waals surface area contributed by atoms with Crippen LogP contribution in [0, 0.1) is 0 Å². The van der Waals surface area contributed by atoms with Crippen LogP contribution < -0.4 is 5.32 Å². The molecule has 0 bridgehead atoms. The molecule has 0 fully saturated rings. The first-order valence-corrected chi connectivity index (χ1v) is 3.16. The Hall–Kier alpha value is -1.10. The van der Waals surface area contributed by atoms with Gasteiger partial charge in [0.1, 0.15) is 12.1 Å². The number of carboxylic acids is 2. The van der Waals surface area contributed by atoms with E-state index in [4.69, 9.17) is 10.2 Å². The highest BCUT2D eigenvalue weighted by Gasteiger charge is 2.17. The van der Waals surface area contributed by atoms with E-state index in [-0.39, 0.29) is 0 Å². The van der Waals surface area contributed by atoms with Crippen molar-refractivity contribution in [1.82, 2.24) is 5.32 Å². The van der Waals surface area contributed by atoms with Gasteiger partial charge in [-0.2, -0.15) is 0 Å². The van der Waals surface area contributed by atoms with Crippen LogP contribution in [-0.4, -0.2) is 34.2 Å². The summed E-state index contributed by atoms with van der Waals surface area (Å²) in [5.74, 6) is -2.11. The van der Waals surface area contributed by atoms with Crippen LogP contribution in [0.2, 0.25) is 0 Å². The van der Waals surface area contributed by atoms with Gasteiger partial charge in [-0.3, -0.25) is 14.9 Å². The highest BCUT2D eigenvalue weighted by Crippen LogP contribution is 1.87. The lowest BCUT2D eigenvalue weighted by Crippen LogP contribution is -2.43. The molecule has 11 heavy (non-hydrogen) atoms. The first kappa shape index (κ1) is 9.90. The number of rotatable bonds is 4. The van der Waals surface area contributed by atoms with Crippen LogP contribution in [0.5, 0.6) is 0 Å². The topological polar surface area (TPSA) is 86.6 Å². The first-order valence-electron chi connectivity index (χ1n) is 3.16. The summed E-state index contributed by atoms with van der Waals surface area (Å²) < 4.78 is 0. The highest BCUT2D eigenvalue weighted by atomic mass is 16.4. The van der Waals surface area contributed by atoms with Crippen LogP contribution in [0.4, 0.5) is 0 Å². The summed E-state index contributed by atoms with van der Waals surface area (Å²) in [5.41, 5.74) is 0. The quantitative estimate of drug-likeness (QED) is 0.518. The van der Waals surface area contributed by atoms with E-state index in [9.17, 15) is 9.59 Å². The van der Waals surface area contributed by atoms with Gasteiger partial charge in [0.15, 0.2) is 0 Å². The fraction of sp³-hybridized carbons (Fsp3) is 0.667. The Labute approximate surface area is 64.0 Å². The van der Waals surface area contributed by atoms with Crippen molar-refractivity contribution in [2.24, 2.45) is 0 Å². The summed E-state index contributed by atoms with van der Waals surface area (Å²) in [6.45, 7) is 2.78. The zero-order valence-electron chi connectivity index (χ0n) is 6.37. The van der Waals surface area contributed by atoms with E-state index in [2.05, 4.69) is 5.32 Å². The number of nitrogens with one attached hydrogen (secondary N) is 1. The van der Waals surface area contributed by atoms with Crippen LogP contribution in [0.3, 0.4) is 0 Å². The molecule has 0 aliphatic rings. The van der Waals surface area contributed by atoms with Crippen molar-refractivity contribution < 1.29 is 19.8 Å². The molecule has 0 aliphatic heterocycles. The van der Waals surface area contributed by atoms with Crippen LogP contribution in [0.15, 0.2) is 0 Å². The molecule has 3 N–H and O–H groups in total. The molecule has 2 atom stereocenters. The number of hydrogen-bond donors (Lipinski definition) is 3. The minimum absolute atomic E-state index is 0.832. The van der Waals surface area contributed by atoms with E-state index < -0.39 is 24.0 Å². The maximum Gasteiger partial charge on any atom is 0.320 e. The number of carboxylic acid groups (broad SMARTS) is 2. The Kier molecular flexibility index (Phi) is 3.53. The molecule has 0 amide bonds. The third-order valence-electron chi connectivity index (χ3n) is 1.24. The Balaban J connectivity index is 3.84. The summed E-state index contributed by atoms with van der Waals surface area (Å²) in [5, 5.41) is 19.1. The molecule has 5 heteroatoms. The molecule has 0 aromatic carbocycles. The van der Waals surface area contributed by atoms with Crippen LogP contribution in [0.1, 0.15) is 13.8 Å². The van der Waals surface area contributed by atoms with Gasteiger partial charge in [-0.25, -0.2) is 0 Å². The second kappa shape index (κ2) is 3.92. The molecule has 0 radical (unpaired) electrons. The average Bonchev–Trinajstić information content (AvgIpc) is 1.87. The molecule has 0 heterocycles. The van der Waals surface area contributed by atoms with Crippen molar-refractivity contribution in [1.29, 1.82) is 0 Å². The lowest BCUT2D eigenvalue weighted by molar-refractivity contribution is -0.141. The fourth-order valence-electron chi connectivity index (χ4n) is 0.518. The van der Waals surface area contributed by atoms with E-state index in [1.807, 2.05) is 0 Å². The van der Waals surface area contributed by atoms with Crippen LogP contribution >= 0.6 is 0 Å². The minimum Gasteiger partial charge on any atom is -0.480 e. The van der Waals surface area contributed by atoms with Gasteiger partial charge in [0.2, 0.25) is 0 Å². The monoisotopic (exact) mass is 161 g/mol. The number of carbonyl (C=O) groups is 2. The van der Waals surface area contributed by atoms with Gasteiger partial charge in [0, 0.05) is 0 Å². The van der Waals surface area contributed by atoms with Crippen molar-refractivity contribution in [3.63, 3.8) is 0 Å². The zero-order chi connectivity index (χ0) is 9.02. The summed E-state index contributed by atoms with van der Waals surface area (Å²) in [6.07, 6.45) is 0. The van der Waals surface area contributed by atoms with Crippen molar-refractivity contribution >= 4 is 11.9 Å².